The number of para-hydroxylation sites is 1. The lowest BCUT2D eigenvalue weighted by atomic mass is 10.0. The Bertz CT molecular complexity index is 1220. The van der Waals surface area contributed by atoms with Crippen molar-refractivity contribution in [3.63, 3.8) is 0 Å². The summed E-state index contributed by atoms with van der Waals surface area (Å²) in [6.07, 6.45) is 0. The van der Waals surface area contributed by atoms with Gasteiger partial charge < -0.3 is 4.57 Å². The Morgan fingerprint density at radius 1 is 0.786 bits per heavy atom. The van der Waals surface area contributed by atoms with Gasteiger partial charge in [-0.15, -0.1) is 0 Å². The summed E-state index contributed by atoms with van der Waals surface area (Å²) in [7, 11) is 0. The van der Waals surface area contributed by atoms with Crippen molar-refractivity contribution in [2.45, 2.75) is 20.4 Å². The first kappa shape index (κ1) is 17.9. The SMILES string of the molecule is Cc1cc(=O)n(CC(=O)c2ccc(-c3ccccc3)cc2)c2c(C)cccc12. The fraction of sp³-hybridized carbons (Fsp3) is 0.120. The Labute approximate surface area is 163 Å². The molecule has 28 heavy (non-hydrogen) atoms. The topological polar surface area (TPSA) is 39.1 Å². The van der Waals surface area contributed by atoms with E-state index in [-0.39, 0.29) is 17.9 Å². The van der Waals surface area contributed by atoms with E-state index in [1.807, 2.05) is 86.6 Å². The molecule has 1 aromatic heterocycles. The third-order valence-electron chi connectivity index (χ3n) is 5.15. The Morgan fingerprint density at radius 3 is 2.18 bits per heavy atom. The second-order valence-corrected chi connectivity index (χ2v) is 7.09. The fourth-order valence-electron chi connectivity index (χ4n) is 3.66. The molecule has 0 unspecified atom stereocenters. The Hall–Kier alpha value is -3.46. The van der Waals surface area contributed by atoms with Crippen molar-refractivity contribution in [3.05, 3.63) is 106 Å². The monoisotopic (exact) mass is 367 g/mol. The molecule has 3 nitrogen and oxygen atoms in total. The van der Waals surface area contributed by atoms with Gasteiger partial charge in [-0.25, -0.2) is 0 Å². The molecule has 0 amide bonds. The summed E-state index contributed by atoms with van der Waals surface area (Å²) in [4.78, 5) is 25.5. The first-order chi connectivity index (χ1) is 13.5. The minimum atomic E-state index is -0.145. The van der Waals surface area contributed by atoms with Crippen molar-refractivity contribution >= 4 is 16.7 Å². The number of Topliss-reactive ketones (excluding diaryl/α,β-unsaturated/α-hetero) is 1. The van der Waals surface area contributed by atoms with Crippen LogP contribution in [0.15, 0.2) is 83.7 Å². The van der Waals surface area contributed by atoms with Crippen LogP contribution >= 0.6 is 0 Å². The van der Waals surface area contributed by atoms with Gasteiger partial charge in [0.1, 0.15) is 0 Å². The third-order valence-corrected chi connectivity index (χ3v) is 5.15. The van der Waals surface area contributed by atoms with E-state index in [2.05, 4.69) is 0 Å². The zero-order valence-electron chi connectivity index (χ0n) is 16.0. The van der Waals surface area contributed by atoms with Crippen molar-refractivity contribution < 1.29 is 4.79 Å². The minimum absolute atomic E-state index is 0.0329. The maximum atomic E-state index is 12.9. The van der Waals surface area contributed by atoms with Gasteiger partial charge in [-0.1, -0.05) is 72.8 Å². The molecule has 0 aliphatic heterocycles. The van der Waals surface area contributed by atoms with Gasteiger partial charge in [-0.3, -0.25) is 9.59 Å². The highest BCUT2D eigenvalue weighted by molar-refractivity contribution is 5.97. The predicted octanol–water partition coefficient (Wildman–Crippen LogP) is 5.17. The molecule has 3 heteroatoms. The number of carbonyl (C=O) groups excluding carboxylic acids is 1. The van der Waals surface area contributed by atoms with Gasteiger partial charge in [-0.05, 0) is 36.1 Å². The number of pyridine rings is 1. The molecular weight excluding hydrogens is 346 g/mol. The number of fused-ring (bicyclic) bond motifs is 1. The smallest absolute Gasteiger partial charge is 0.251 e. The molecule has 0 saturated carbocycles. The van der Waals surface area contributed by atoms with Crippen LogP contribution in [0.5, 0.6) is 0 Å². The first-order valence-electron chi connectivity index (χ1n) is 9.33. The summed E-state index contributed by atoms with van der Waals surface area (Å²) in [5, 5.41) is 1.01. The average molecular weight is 367 g/mol. The highest BCUT2D eigenvalue weighted by atomic mass is 16.1. The van der Waals surface area contributed by atoms with Gasteiger partial charge in [0.2, 0.25) is 0 Å². The molecule has 0 fully saturated rings. The predicted molar refractivity (Wildman–Crippen MR) is 114 cm³/mol. The van der Waals surface area contributed by atoms with Crippen molar-refractivity contribution in [3.8, 4) is 11.1 Å². The number of hydrogen-bond acceptors (Lipinski definition) is 2. The molecule has 0 N–H and O–H groups in total. The Kier molecular flexibility index (Phi) is 4.66. The highest BCUT2D eigenvalue weighted by Crippen LogP contribution is 2.22. The van der Waals surface area contributed by atoms with Gasteiger partial charge >= 0.3 is 0 Å². The number of benzene rings is 3. The number of aromatic nitrogens is 1. The normalized spacial score (nSPS) is 10.9. The van der Waals surface area contributed by atoms with Crippen LogP contribution in [0.3, 0.4) is 0 Å². The number of hydrogen-bond donors (Lipinski definition) is 0. The standard InChI is InChI=1S/C25H21NO2/c1-17-7-6-10-22-18(2)15-24(28)26(25(17)22)16-23(27)21-13-11-20(12-14-21)19-8-4-3-5-9-19/h3-15H,16H2,1-2H3. The van der Waals surface area contributed by atoms with Gasteiger partial charge in [-0.2, -0.15) is 0 Å². The van der Waals surface area contributed by atoms with E-state index in [0.717, 1.165) is 33.2 Å². The zero-order valence-corrected chi connectivity index (χ0v) is 16.0. The summed E-state index contributed by atoms with van der Waals surface area (Å²) < 4.78 is 1.59. The second kappa shape index (κ2) is 7.28. The maximum absolute atomic E-state index is 12.9. The third kappa shape index (κ3) is 3.27. The molecule has 0 atom stereocenters. The van der Waals surface area contributed by atoms with Crippen LogP contribution < -0.4 is 5.56 Å². The van der Waals surface area contributed by atoms with Gasteiger partial charge in [0, 0.05) is 17.0 Å². The van der Waals surface area contributed by atoms with Crippen LogP contribution in [0.2, 0.25) is 0 Å². The molecule has 0 aliphatic carbocycles. The Balaban J connectivity index is 1.69. The number of nitrogens with zero attached hydrogens (tertiary/aromatic N) is 1. The zero-order chi connectivity index (χ0) is 19.7. The van der Waals surface area contributed by atoms with Gasteiger partial charge in [0.25, 0.3) is 5.56 Å². The molecule has 138 valence electrons. The molecule has 4 aromatic rings. The molecule has 0 spiro atoms. The van der Waals surface area contributed by atoms with Crippen molar-refractivity contribution in [2.75, 3.05) is 0 Å². The number of rotatable bonds is 4. The van der Waals surface area contributed by atoms with E-state index in [1.54, 1.807) is 10.6 Å². The van der Waals surface area contributed by atoms with Crippen LogP contribution in [0.1, 0.15) is 21.5 Å². The van der Waals surface area contributed by atoms with Crippen LogP contribution in [-0.4, -0.2) is 10.4 Å². The lowest BCUT2D eigenvalue weighted by molar-refractivity contribution is 0.0972. The van der Waals surface area contributed by atoms with Gasteiger partial charge in [0.15, 0.2) is 5.78 Å². The number of carbonyl (C=O) groups is 1. The molecule has 3 aromatic carbocycles. The van der Waals surface area contributed by atoms with Crippen LogP contribution in [0.25, 0.3) is 22.0 Å². The fourth-order valence-corrected chi connectivity index (χ4v) is 3.66. The number of ketones is 1. The molecule has 1 heterocycles. The van der Waals surface area contributed by atoms with Crippen molar-refractivity contribution in [1.82, 2.24) is 4.57 Å². The molecular formula is C25H21NO2. The molecule has 0 saturated heterocycles. The maximum Gasteiger partial charge on any atom is 0.251 e. The van der Waals surface area contributed by atoms with E-state index in [9.17, 15) is 9.59 Å². The van der Waals surface area contributed by atoms with E-state index < -0.39 is 0 Å². The average Bonchev–Trinajstić information content (AvgIpc) is 2.72. The molecule has 0 bridgehead atoms. The summed E-state index contributed by atoms with van der Waals surface area (Å²) in [6, 6.07) is 25.1. The van der Waals surface area contributed by atoms with E-state index >= 15 is 0 Å². The Morgan fingerprint density at radius 2 is 1.46 bits per heavy atom. The van der Waals surface area contributed by atoms with Crippen LogP contribution in [0, 0.1) is 13.8 Å². The van der Waals surface area contributed by atoms with Crippen molar-refractivity contribution in [2.24, 2.45) is 0 Å². The summed E-state index contributed by atoms with van der Waals surface area (Å²) in [5.74, 6) is -0.0740. The highest BCUT2D eigenvalue weighted by Gasteiger charge is 2.13. The lowest BCUT2D eigenvalue weighted by Crippen LogP contribution is -2.25. The van der Waals surface area contributed by atoms with E-state index in [1.165, 1.54) is 0 Å². The quantitative estimate of drug-likeness (QED) is 0.467. The number of aryl methyl sites for hydroxylation is 2. The summed E-state index contributed by atoms with van der Waals surface area (Å²) in [6.45, 7) is 3.93. The van der Waals surface area contributed by atoms with Crippen molar-refractivity contribution in [1.29, 1.82) is 0 Å². The second-order valence-electron chi connectivity index (χ2n) is 7.09. The van der Waals surface area contributed by atoms with Crippen LogP contribution in [-0.2, 0) is 6.54 Å². The molecule has 4 rings (SSSR count). The lowest BCUT2D eigenvalue weighted by Gasteiger charge is -2.14. The summed E-state index contributed by atoms with van der Waals surface area (Å²) >= 11 is 0. The van der Waals surface area contributed by atoms with E-state index in [4.69, 9.17) is 0 Å². The largest absolute Gasteiger partial charge is 0.300 e. The molecule has 0 radical (unpaired) electrons. The first-order valence-corrected chi connectivity index (χ1v) is 9.33. The van der Waals surface area contributed by atoms with E-state index in [0.29, 0.717) is 5.56 Å². The minimum Gasteiger partial charge on any atom is -0.300 e. The molecule has 0 aliphatic rings. The van der Waals surface area contributed by atoms with Gasteiger partial charge in [0.05, 0.1) is 12.1 Å². The van der Waals surface area contributed by atoms with Crippen LogP contribution in [0.4, 0.5) is 0 Å². The summed E-state index contributed by atoms with van der Waals surface area (Å²) in [5.41, 5.74) is 5.39.